The second-order valence-corrected chi connectivity index (χ2v) is 24.2. The van der Waals surface area contributed by atoms with Crippen LogP contribution in [0.25, 0.3) is 0 Å². The van der Waals surface area contributed by atoms with Gasteiger partial charge in [-0.25, -0.2) is 0 Å². The molecule has 0 aromatic rings. The number of rotatable bonds is 66. The first-order chi connectivity index (χ1) is 37.5. The number of hydrogen-bond donors (Lipinski definition) is 3. The summed E-state index contributed by atoms with van der Waals surface area (Å²) < 4.78 is 5.48. The lowest BCUT2D eigenvalue weighted by atomic mass is 10.0. The summed E-state index contributed by atoms with van der Waals surface area (Å²) in [5.74, 6) is -0.0241. The van der Waals surface area contributed by atoms with Gasteiger partial charge in [0, 0.05) is 12.8 Å². The molecule has 6 nitrogen and oxygen atoms in total. The molecule has 2 unspecified atom stereocenters. The SMILES string of the molecule is CCCCCCCCCCCCCCCCCCCCCCCCCCC(O)C(CO)NC(=O)CCCCCCCCC/C=C\CCCCCCCCCCCCCOC(=O)CCCCCCCCCCCCCCC. The average molecular weight is 1070 g/mol. The molecule has 0 bridgehead atoms. The van der Waals surface area contributed by atoms with Gasteiger partial charge in [0.2, 0.25) is 5.91 Å². The summed E-state index contributed by atoms with van der Waals surface area (Å²) in [6.07, 6.45) is 81.1. The van der Waals surface area contributed by atoms with Gasteiger partial charge in [-0.05, 0) is 51.4 Å². The molecular weight excluding hydrogens is 935 g/mol. The zero-order chi connectivity index (χ0) is 55.0. The molecule has 0 aliphatic rings. The van der Waals surface area contributed by atoms with Crippen molar-refractivity contribution in [1.29, 1.82) is 0 Å². The highest BCUT2D eigenvalue weighted by Gasteiger charge is 2.20. The van der Waals surface area contributed by atoms with Crippen LogP contribution in [0.2, 0.25) is 0 Å². The predicted octanol–water partition coefficient (Wildman–Crippen LogP) is 22.4. The van der Waals surface area contributed by atoms with E-state index in [1.807, 2.05) is 0 Å². The Morgan fingerprint density at radius 2 is 0.618 bits per heavy atom. The van der Waals surface area contributed by atoms with Crippen LogP contribution in [0.3, 0.4) is 0 Å². The fourth-order valence-electron chi connectivity index (χ4n) is 11.2. The number of carbonyl (C=O) groups is 2. The zero-order valence-electron chi connectivity index (χ0n) is 51.8. The van der Waals surface area contributed by atoms with Crippen molar-refractivity contribution in [3.63, 3.8) is 0 Å². The van der Waals surface area contributed by atoms with E-state index >= 15 is 0 Å². The summed E-state index contributed by atoms with van der Waals surface area (Å²) in [4.78, 5) is 24.6. The molecule has 0 rings (SSSR count). The molecule has 0 fully saturated rings. The monoisotopic (exact) mass is 1070 g/mol. The number of aliphatic hydroxyl groups is 2. The highest BCUT2D eigenvalue weighted by molar-refractivity contribution is 5.76. The van der Waals surface area contributed by atoms with Crippen LogP contribution in [-0.2, 0) is 14.3 Å². The summed E-state index contributed by atoms with van der Waals surface area (Å²) in [5.41, 5.74) is 0. The van der Waals surface area contributed by atoms with Gasteiger partial charge in [-0.1, -0.05) is 347 Å². The van der Waals surface area contributed by atoms with Crippen LogP contribution in [-0.4, -0.2) is 47.4 Å². The van der Waals surface area contributed by atoms with Crippen molar-refractivity contribution in [2.24, 2.45) is 0 Å². The smallest absolute Gasteiger partial charge is 0.305 e. The van der Waals surface area contributed by atoms with E-state index in [0.29, 0.717) is 25.9 Å². The molecule has 0 saturated heterocycles. The first kappa shape index (κ1) is 74.6. The number of allylic oxidation sites excluding steroid dienone is 2. The topological polar surface area (TPSA) is 95.9 Å². The minimum atomic E-state index is -0.669. The summed E-state index contributed by atoms with van der Waals surface area (Å²) in [5, 5.41) is 23.4. The standard InChI is InChI=1S/C70H137NO5/c1-3-5-7-9-11-13-15-17-18-19-20-21-22-23-26-29-32-35-39-42-46-50-54-58-62-68(73)67(66-72)71-69(74)63-59-55-51-47-43-40-36-33-30-27-24-25-28-31-34-37-41-45-49-53-57-61-65-76-70(75)64-60-56-52-48-44-38-16-14-12-10-8-6-4-2/h27,30,67-68,72-73H,3-26,28-29,31-66H2,1-2H3,(H,71,74)/b30-27-. The Morgan fingerprint density at radius 3 is 0.934 bits per heavy atom. The maximum Gasteiger partial charge on any atom is 0.305 e. The van der Waals surface area contributed by atoms with Gasteiger partial charge in [0.25, 0.3) is 0 Å². The summed E-state index contributed by atoms with van der Waals surface area (Å²) in [7, 11) is 0. The molecular formula is C70H137NO5. The number of carbonyl (C=O) groups excluding carboxylic acids is 2. The molecule has 76 heavy (non-hydrogen) atoms. The van der Waals surface area contributed by atoms with Crippen LogP contribution >= 0.6 is 0 Å². The number of esters is 1. The van der Waals surface area contributed by atoms with E-state index in [9.17, 15) is 19.8 Å². The van der Waals surface area contributed by atoms with E-state index in [1.54, 1.807) is 0 Å². The van der Waals surface area contributed by atoms with Crippen LogP contribution in [0, 0.1) is 0 Å². The van der Waals surface area contributed by atoms with Crippen LogP contribution < -0.4 is 5.32 Å². The Balaban J connectivity index is 3.41. The zero-order valence-corrected chi connectivity index (χ0v) is 51.8. The Morgan fingerprint density at radius 1 is 0.355 bits per heavy atom. The fraction of sp³-hybridized carbons (Fsp3) is 0.943. The molecule has 0 heterocycles. The van der Waals surface area contributed by atoms with E-state index in [2.05, 4.69) is 31.3 Å². The van der Waals surface area contributed by atoms with Gasteiger partial charge in [-0.15, -0.1) is 0 Å². The van der Waals surface area contributed by atoms with Crippen LogP contribution in [0.15, 0.2) is 12.2 Å². The summed E-state index contributed by atoms with van der Waals surface area (Å²) in [6, 6.07) is -0.547. The number of ether oxygens (including phenoxy) is 1. The van der Waals surface area contributed by atoms with Crippen molar-refractivity contribution in [2.45, 2.75) is 411 Å². The quantitative estimate of drug-likeness (QED) is 0.0320. The van der Waals surface area contributed by atoms with Crippen LogP contribution in [0.5, 0.6) is 0 Å². The molecule has 3 N–H and O–H groups in total. The van der Waals surface area contributed by atoms with Crippen molar-refractivity contribution in [2.75, 3.05) is 13.2 Å². The van der Waals surface area contributed by atoms with Gasteiger partial charge in [0.05, 0.1) is 25.4 Å². The summed E-state index contributed by atoms with van der Waals surface area (Å²) in [6.45, 7) is 4.99. The second-order valence-electron chi connectivity index (χ2n) is 24.2. The maximum absolute atomic E-state index is 12.5. The molecule has 452 valence electrons. The maximum atomic E-state index is 12.5. The third-order valence-electron chi connectivity index (χ3n) is 16.6. The Labute approximate surface area is 476 Å². The van der Waals surface area contributed by atoms with Crippen molar-refractivity contribution in [3.05, 3.63) is 12.2 Å². The number of aliphatic hydroxyl groups excluding tert-OH is 2. The van der Waals surface area contributed by atoms with Crippen molar-refractivity contribution < 1.29 is 24.5 Å². The largest absolute Gasteiger partial charge is 0.466 e. The fourth-order valence-corrected chi connectivity index (χ4v) is 11.2. The van der Waals surface area contributed by atoms with Gasteiger partial charge >= 0.3 is 5.97 Å². The molecule has 0 aromatic heterocycles. The summed E-state index contributed by atoms with van der Waals surface area (Å²) >= 11 is 0. The molecule has 0 aromatic carbocycles. The average Bonchev–Trinajstić information content (AvgIpc) is 3.42. The highest BCUT2D eigenvalue weighted by Crippen LogP contribution is 2.19. The molecule has 0 aliphatic carbocycles. The molecule has 1 amide bonds. The Kier molecular flexibility index (Phi) is 64.9. The van der Waals surface area contributed by atoms with Crippen molar-refractivity contribution in [1.82, 2.24) is 5.32 Å². The third kappa shape index (κ3) is 61.8. The van der Waals surface area contributed by atoms with Gasteiger partial charge in [0.15, 0.2) is 0 Å². The first-order valence-corrected chi connectivity index (χ1v) is 34.9. The van der Waals surface area contributed by atoms with Gasteiger partial charge in [-0.2, -0.15) is 0 Å². The van der Waals surface area contributed by atoms with E-state index in [4.69, 9.17) is 4.74 Å². The van der Waals surface area contributed by atoms with Crippen LogP contribution in [0.1, 0.15) is 399 Å². The first-order valence-electron chi connectivity index (χ1n) is 34.9. The minimum absolute atomic E-state index is 0.0127. The van der Waals surface area contributed by atoms with Crippen molar-refractivity contribution in [3.8, 4) is 0 Å². The van der Waals surface area contributed by atoms with Gasteiger partial charge in [0.1, 0.15) is 0 Å². The van der Waals surface area contributed by atoms with E-state index in [1.165, 1.54) is 327 Å². The lowest BCUT2D eigenvalue weighted by molar-refractivity contribution is -0.143. The molecule has 0 radical (unpaired) electrons. The third-order valence-corrected chi connectivity index (χ3v) is 16.6. The normalized spacial score (nSPS) is 12.5. The van der Waals surface area contributed by atoms with Crippen molar-refractivity contribution >= 4 is 11.9 Å². The Bertz CT molecular complexity index is 1140. The minimum Gasteiger partial charge on any atom is -0.466 e. The molecule has 0 saturated carbocycles. The second kappa shape index (κ2) is 66.1. The number of hydrogen-bond acceptors (Lipinski definition) is 5. The van der Waals surface area contributed by atoms with E-state index in [0.717, 1.165) is 38.5 Å². The van der Waals surface area contributed by atoms with E-state index < -0.39 is 12.1 Å². The molecule has 6 heteroatoms. The lowest BCUT2D eigenvalue weighted by Gasteiger charge is -2.22. The molecule has 2 atom stereocenters. The van der Waals surface area contributed by atoms with Gasteiger partial charge < -0.3 is 20.3 Å². The lowest BCUT2D eigenvalue weighted by Crippen LogP contribution is -2.45. The van der Waals surface area contributed by atoms with Gasteiger partial charge in [-0.3, -0.25) is 9.59 Å². The molecule has 0 spiro atoms. The predicted molar refractivity (Wildman–Crippen MR) is 333 cm³/mol. The molecule has 0 aliphatic heterocycles. The number of unbranched alkanes of at least 4 members (excludes halogenated alkanes) is 53. The number of amides is 1. The number of nitrogens with one attached hydrogen (secondary N) is 1. The highest BCUT2D eigenvalue weighted by atomic mass is 16.5. The van der Waals surface area contributed by atoms with Crippen LogP contribution in [0.4, 0.5) is 0 Å². The van der Waals surface area contributed by atoms with E-state index in [-0.39, 0.29) is 18.5 Å². The Hall–Kier alpha value is -1.40.